The van der Waals surface area contributed by atoms with Crippen LogP contribution in [0.5, 0.6) is 0 Å². The SMILES string of the molecule is CC(C)C(C)Nc1cc(Br)ccc1Br. The third-order valence-corrected chi connectivity index (χ3v) is 3.50. The number of rotatable bonds is 3. The molecule has 1 atom stereocenters. The van der Waals surface area contributed by atoms with Gasteiger partial charge in [-0.2, -0.15) is 0 Å². The van der Waals surface area contributed by atoms with Crippen LogP contribution in [0.1, 0.15) is 20.8 Å². The Hall–Kier alpha value is -0.0200. The van der Waals surface area contributed by atoms with Gasteiger partial charge in [-0.3, -0.25) is 0 Å². The largest absolute Gasteiger partial charge is 0.381 e. The number of nitrogens with one attached hydrogen (secondary N) is 1. The Morgan fingerprint density at radius 2 is 1.79 bits per heavy atom. The maximum atomic E-state index is 3.52. The monoisotopic (exact) mass is 319 g/mol. The summed E-state index contributed by atoms with van der Waals surface area (Å²) in [6.07, 6.45) is 0. The highest BCUT2D eigenvalue weighted by Gasteiger charge is 2.08. The number of benzene rings is 1. The summed E-state index contributed by atoms with van der Waals surface area (Å²) in [5.41, 5.74) is 1.14. The molecule has 0 heterocycles. The summed E-state index contributed by atoms with van der Waals surface area (Å²) in [6.45, 7) is 6.62. The van der Waals surface area contributed by atoms with Crippen LogP contribution in [0, 0.1) is 5.92 Å². The molecule has 1 aromatic rings. The number of hydrogen-bond acceptors (Lipinski definition) is 1. The van der Waals surface area contributed by atoms with Crippen molar-refractivity contribution >= 4 is 37.5 Å². The van der Waals surface area contributed by atoms with Crippen molar-refractivity contribution in [3.63, 3.8) is 0 Å². The Balaban J connectivity index is 2.80. The van der Waals surface area contributed by atoms with Gasteiger partial charge in [0.15, 0.2) is 0 Å². The highest BCUT2D eigenvalue weighted by atomic mass is 79.9. The number of hydrogen-bond donors (Lipinski definition) is 1. The molecule has 14 heavy (non-hydrogen) atoms. The van der Waals surface area contributed by atoms with E-state index in [0.717, 1.165) is 14.6 Å². The van der Waals surface area contributed by atoms with Crippen molar-refractivity contribution in [3.8, 4) is 0 Å². The van der Waals surface area contributed by atoms with Crippen LogP contribution in [0.2, 0.25) is 0 Å². The van der Waals surface area contributed by atoms with Gasteiger partial charge in [-0.05, 0) is 47.0 Å². The number of anilines is 1. The smallest absolute Gasteiger partial charge is 0.0498 e. The summed E-state index contributed by atoms with van der Waals surface area (Å²) in [6, 6.07) is 6.62. The molecule has 3 heteroatoms. The fourth-order valence-electron chi connectivity index (χ4n) is 1.02. The van der Waals surface area contributed by atoms with E-state index in [0.29, 0.717) is 12.0 Å². The third kappa shape index (κ3) is 3.28. The minimum Gasteiger partial charge on any atom is -0.381 e. The van der Waals surface area contributed by atoms with Gasteiger partial charge in [0.1, 0.15) is 0 Å². The maximum absolute atomic E-state index is 3.52. The number of halogens is 2. The van der Waals surface area contributed by atoms with E-state index in [2.05, 4.69) is 64.0 Å². The van der Waals surface area contributed by atoms with Crippen LogP contribution < -0.4 is 5.32 Å². The molecule has 1 aromatic carbocycles. The van der Waals surface area contributed by atoms with Crippen molar-refractivity contribution in [1.29, 1.82) is 0 Å². The van der Waals surface area contributed by atoms with E-state index in [9.17, 15) is 0 Å². The van der Waals surface area contributed by atoms with Crippen molar-refractivity contribution in [3.05, 3.63) is 27.1 Å². The van der Waals surface area contributed by atoms with E-state index in [1.165, 1.54) is 0 Å². The predicted molar refractivity (Wildman–Crippen MR) is 69.8 cm³/mol. The van der Waals surface area contributed by atoms with Gasteiger partial charge in [-0.15, -0.1) is 0 Å². The van der Waals surface area contributed by atoms with E-state index >= 15 is 0 Å². The molecule has 1 N–H and O–H groups in total. The van der Waals surface area contributed by atoms with Crippen LogP contribution in [0.3, 0.4) is 0 Å². The fourth-order valence-corrected chi connectivity index (χ4v) is 1.74. The lowest BCUT2D eigenvalue weighted by atomic mass is 10.1. The van der Waals surface area contributed by atoms with Gasteiger partial charge in [0.25, 0.3) is 0 Å². The van der Waals surface area contributed by atoms with Crippen molar-refractivity contribution in [1.82, 2.24) is 0 Å². The Kier molecular flexibility index (Phi) is 4.45. The molecule has 0 fully saturated rings. The van der Waals surface area contributed by atoms with Crippen LogP contribution in [0.4, 0.5) is 5.69 Å². The van der Waals surface area contributed by atoms with Gasteiger partial charge >= 0.3 is 0 Å². The molecule has 0 aliphatic heterocycles. The van der Waals surface area contributed by atoms with E-state index < -0.39 is 0 Å². The zero-order chi connectivity index (χ0) is 10.7. The summed E-state index contributed by atoms with van der Waals surface area (Å²) in [4.78, 5) is 0. The van der Waals surface area contributed by atoms with Crippen LogP contribution in [0.15, 0.2) is 27.1 Å². The summed E-state index contributed by atoms with van der Waals surface area (Å²) < 4.78 is 2.20. The Morgan fingerprint density at radius 3 is 2.36 bits per heavy atom. The fraction of sp³-hybridized carbons (Fsp3) is 0.455. The Labute approximate surface area is 103 Å². The molecule has 0 spiro atoms. The Bertz CT molecular complexity index is 310. The first kappa shape index (κ1) is 12.1. The van der Waals surface area contributed by atoms with Gasteiger partial charge in [0.2, 0.25) is 0 Å². The quantitative estimate of drug-likeness (QED) is 0.853. The lowest BCUT2D eigenvalue weighted by Crippen LogP contribution is -2.21. The van der Waals surface area contributed by atoms with Gasteiger partial charge in [0, 0.05) is 20.7 Å². The second kappa shape index (κ2) is 5.17. The molecule has 0 aliphatic carbocycles. The maximum Gasteiger partial charge on any atom is 0.0498 e. The van der Waals surface area contributed by atoms with E-state index in [-0.39, 0.29) is 0 Å². The average molecular weight is 321 g/mol. The van der Waals surface area contributed by atoms with E-state index in [4.69, 9.17) is 0 Å². The zero-order valence-electron chi connectivity index (χ0n) is 8.64. The molecule has 0 saturated heterocycles. The molecule has 0 bridgehead atoms. The molecule has 0 radical (unpaired) electrons. The van der Waals surface area contributed by atoms with E-state index in [1.807, 2.05) is 12.1 Å². The first-order valence-electron chi connectivity index (χ1n) is 4.72. The van der Waals surface area contributed by atoms with Gasteiger partial charge < -0.3 is 5.32 Å². The van der Waals surface area contributed by atoms with Gasteiger partial charge in [-0.1, -0.05) is 29.8 Å². The van der Waals surface area contributed by atoms with Crippen LogP contribution >= 0.6 is 31.9 Å². The average Bonchev–Trinajstić information content (AvgIpc) is 2.11. The van der Waals surface area contributed by atoms with Crippen molar-refractivity contribution in [2.24, 2.45) is 5.92 Å². The minimum absolute atomic E-state index is 0.473. The summed E-state index contributed by atoms with van der Waals surface area (Å²) in [7, 11) is 0. The zero-order valence-corrected chi connectivity index (χ0v) is 11.8. The second-order valence-corrected chi connectivity index (χ2v) is 5.57. The molecule has 0 amide bonds. The summed E-state index contributed by atoms with van der Waals surface area (Å²) in [5, 5.41) is 3.47. The molecular weight excluding hydrogens is 306 g/mol. The Morgan fingerprint density at radius 1 is 1.14 bits per heavy atom. The van der Waals surface area contributed by atoms with Crippen molar-refractivity contribution in [2.75, 3.05) is 5.32 Å². The highest BCUT2D eigenvalue weighted by Crippen LogP contribution is 2.27. The molecule has 0 saturated carbocycles. The molecule has 0 aromatic heterocycles. The van der Waals surface area contributed by atoms with Crippen LogP contribution in [-0.4, -0.2) is 6.04 Å². The van der Waals surface area contributed by atoms with Crippen LogP contribution in [0.25, 0.3) is 0 Å². The van der Waals surface area contributed by atoms with Gasteiger partial charge in [-0.25, -0.2) is 0 Å². The topological polar surface area (TPSA) is 12.0 Å². The highest BCUT2D eigenvalue weighted by molar-refractivity contribution is 9.11. The molecular formula is C11H15Br2N. The minimum atomic E-state index is 0.473. The lowest BCUT2D eigenvalue weighted by molar-refractivity contribution is 0.560. The molecule has 1 nitrogen and oxygen atoms in total. The first-order valence-corrected chi connectivity index (χ1v) is 6.31. The molecule has 0 aliphatic rings. The molecule has 1 unspecified atom stereocenters. The second-order valence-electron chi connectivity index (χ2n) is 3.80. The van der Waals surface area contributed by atoms with Crippen molar-refractivity contribution in [2.45, 2.75) is 26.8 Å². The predicted octanol–water partition coefficient (Wildman–Crippen LogP) is 4.67. The normalized spacial score (nSPS) is 13.0. The standard InChI is InChI=1S/C11H15Br2N/c1-7(2)8(3)14-11-6-9(12)4-5-10(11)13/h4-8,14H,1-3H3. The van der Waals surface area contributed by atoms with E-state index in [1.54, 1.807) is 0 Å². The summed E-state index contributed by atoms with van der Waals surface area (Å²) in [5.74, 6) is 0.626. The van der Waals surface area contributed by atoms with Crippen LogP contribution in [-0.2, 0) is 0 Å². The lowest BCUT2D eigenvalue weighted by Gasteiger charge is -2.19. The molecule has 1 rings (SSSR count). The van der Waals surface area contributed by atoms with Crippen molar-refractivity contribution < 1.29 is 0 Å². The third-order valence-electron chi connectivity index (χ3n) is 2.31. The molecule has 78 valence electrons. The summed E-state index contributed by atoms with van der Waals surface area (Å²) >= 11 is 6.99. The van der Waals surface area contributed by atoms with Gasteiger partial charge in [0.05, 0.1) is 0 Å². The first-order chi connectivity index (χ1) is 6.50.